The van der Waals surface area contributed by atoms with Crippen LogP contribution in [0, 0.1) is 0 Å². The number of rotatable bonds is 8. The monoisotopic (exact) mass is 288 g/mol. The van der Waals surface area contributed by atoms with E-state index in [2.05, 4.69) is 13.5 Å². The molecule has 0 fully saturated rings. The first-order chi connectivity index (χ1) is 10.1. The van der Waals surface area contributed by atoms with Crippen LogP contribution in [0.5, 0.6) is 5.75 Å². The van der Waals surface area contributed by atoms with Gasteiger partial charge in [-0.3, -0.25) is 4.79 Å². The Hall–Kier alpha value is -2.23. The van der Waals surface area contributed by atoms with Crippen molar-refractivity contribution in [3.05, 3.63) is 42.5 Å². The molecule has 0 unspecified atom stereocenters. The molecule has 0 spiro atoms. The number of carbonyl (C=O) groups is 1. The highest BCUT2D eigenvalue weighted by Crippen LogP contribution is 2.23. The van der Waals surface area contributed by atoms with E-state index in [1.807, 2.05) is 13.1 Å². The number of nitrogens with two attached hydrogens (primary N) is 1. The zero-order valence-electron chi connectivity index (χ0n) is 12.8. The number of likely N-dealkylation sites (N-methyl/N-ethyl adjacent to an activating group) is 1. The van der Waals surface area contributed by atoms with Crippen molar-refractivity contribution >= 4 is 17.7 Å². The van der Waals surface area contributed by atoms with Crippen LogP contribution in [-0.2, 0) is 4.79 Å². The molecule has 1 rings (SSSR count). The Bertz CT molecular complexity index is 510. The highest BCUT2D eigenvalue weighted by atomic mass is 16.5. The van der Waals surface area contributed by atoms with Gasteiger partial charge in [0.2, 0.25) is 5.91 Å². The number of anilines is 1. The fourth-order valence-electron chi connectivity index (χ4n) is 1.75. The molecule has 1 aromatic rings. The van der Waals surface area contributed by atoms with Gasteiger partial charge in [0.25, 0.3) is 0 Å². The minimum atomic E-state index is -0.00555. The van der Waals surface area contributed by atoms with Crippen molar-refractivity contribution in [2.75, 3.05) is 25.9 Å². The normalized spacial score (nSPS) is 10.6. The number of ether oxygens (including phenoxy) is 1. The van der Waals surface area contributed by atoms with Crippen molar-refractivity contribution in [2.24, 2.45) is 0 Å². The van der Waals surface area contributed by atoms with Gasteiger partial charge in [-0.1, -0.05) is 32.1 Å². The highest BCUT2D eigenvalue weighted by Gasteiger charge is 2.04. The predicted octanol–water partition coefficient (Wildman–Crippen LogP) is 3.11. The molecule has 0 aliphatic heterocycles. The lowest BCUT2D eigenvalue weighted by molar-refractivity contribution is -0.124. The van der Waals surface area contributed by atoms with Gasteiger partial charge in [0.05, 0.1) is 5.69 Å². The summed E-state index contributed by atoms with van der Waals surface area (Å²) in [5.41, 5.74) is 7.32. The minimum absolute atomic E-state index is 0.00555. The Balaban J connectivity index is 2.65. The molecule has 1 aromatic carbocycles. The molecule has 21 heavy (non-hydrogen) atoms. The first-order valence-electron chi connectivity index (χ1n) is 7.14. The van der Waals surface area contributed by atoms with E-state index in [1.165, 1.54) is 0 Å². The van der Waals surface area contributed by atoms with Crippen LogP contribution in [0.2, 0.25) is 0 Å². The standard InChI is InChI=1S/C17H24N2O2/c1-4-6-11-19(3)17(20)10-8-14-7-9-16(15(18)13-14)21-12-5-2/h5,7-10,13H,2,4,6,11-12,18H2,1,3H3/b10-8-. The van der Waals surface area contributed by atoms with Crippen LogP contribution in [-0.4, -0.2) is 31.0 Å². The van der Waals surface area contributed by atoms with Crippen molar-refractivity contribution in [1.29, 1.82) is 0 Å². The molecule has 114 valence electrons. The molecule has 0 aromatic heterocycles. The molecule has 2 N–H and O–H groups in total. The van der Waals surface area contributed by atoms with Crippen molar-refractivity contribution in [2.45, 2.75) is 19.8 Å². The van der Waals surface area contributed by atoms with E-state index < -0.39 is 0 Å². The number of nitrogens with zero attached hydrogens (tertiary/aromatic N) is 1. The van der Waals surface area contributed by atoms with Gasteiger partial charge in [-0.15, -0.1) is 0 Å². The lowest BCUT2D eigenvalue weighted by Gasteiger charge is -2.14. The molecule has 0 heterocycles. The zero-order valence-corrected chi connectivity index (χ0v) is 12.8. The van der Waals surface area contributed by atoms with Crippen molar-refractivity contribution < 1.29 is 9.53 Å². The topological polar surface area (TPSA) is 55.6 Å². The molecule has 0 aliphatic rings. The van der Waals surface area contributed by atoms with Crippen LogP contribution in [0.3, 0.4) is 0 Å². The Kier molecular flexibility index (Phi) is 7.09. The largest absolute Gasteiger partial charge is 0.487 e. The summed E-state index contributed by atoms with van der Waals surface area (Å²) in [4.78, 5) is 13.6. The average molecular weight is 288 g/mol. The molecule has 0 saturated heterocycles. The van der Waals surface area contributed by atoms with Crippen molar-refractivity contribution in [1.82, 2.24) is 4.90 Å². The maximum Gasteiger partial charge on any atom is 0.246 e. The van der Waals surface area contributed by atoms with Gasteiger partial charge in [-0.05, 0) is 30.2 Å². The summed E-state index contributed by atoms with van der Waals surface area (Å²) in [6, 6.07) is 5.45. The smallest absolute Gasteiger partial charge is 0.246 e. The van der Waals surface area contributed by atoms with Gasteiger partial charge in [0, 0.05) is 19.7 Å². The SMILES string of the molecule is C=CCOc1ccc(/C=C\C(=O)N(C)CCCC)cc1N. The summed E-state index contributed by atoms with van der Waals surface area (Å²) in [5.74, 6) is 0.618. The number of nitrogen functional groups attached to an aromatic ring is 1. The lowest BCUT2D eigenvalue weighted by atomic mass is 10.1. The second-order valence-electron chi connectivity index (χ2n) is 4.84. The van der Waals surface area contributed by atoms with Gasteiger partial charge in [-0.2, -0.15) is 0 Å². The summed E-state index contributed by atoms with van der Waals surface area (Å²) in [5, 5.41) is 0. The summed E-state index contributed by atoms with van der Waals surface area (Å²) in [7, 11) is 1.81. The van der Waals surface area contributed by atoms with E-state index in [-0.39, 0.29) is 5.91 Å². The maximum absolute atomic E-state index is 11.9. The van der Waals surface area contributed by atoms with Gasteiger partial charge in [0.1, 0.15) is 12.4 Å². The molecule has 0 radical (unpaired) electrons. The summed E-state index contributed by atoms with van der Waals surface area (Å²) < 4.78 is 5.41. The number of hydrogen-bond donors (Lipinski definition) is 1. The van der Waals surface area contributed by atoms with Gasteiger partial charge in [-0.25, -0.2) is 0 Å². The van der Waals surface area contributed by atoms with E-state index in [0.717, 1.165) is 24.9 Å². The van der Waals surface area contributed by atoms with E-state index in [4.69, 9.17) is 10.5 Å². The van der Waals surface area contributed by atoms with E-state index >= 15 is 0 Å². The molecule has 0 atom stereocenters. The Morgan fingerprint density at radius 1 is 1.48 bits per heavy atom. The number of carbonyl (C=O) groups excluding carboxylic acids is 1. The molecule has 0 saturated carbocycles. The quantitative estimate of drug-likeness (QED) is 0.454. The zero-order chi connectivity index (χ0) is 15.7. The van der Waals surface area contributed by atoms with E-state index in [1.54, 1.807) is 35.3 Å². The predicted molar refractivity (Wildman–Crippen MR) is 88.1 cm³/mol. The van der Waals surface area contributed by atoms with Crippen LogP contribution < -0.4 is 10.5 Å². The fourth-order valence-corrected chi connectivity index (χ4v) is 1.75. The van der Waals surface area contributed by atoms with Crippen LogP contribution in [0.1, 0.15) is 25.3 Å². The number of unbranched alkanes of at least 4 members (excludes halogenated alkanes) is 1. The summed E-state index contributed by atoms with van der Waals surface area (Å²) >= 11 is 0. The lowest BCUT2D eigenvalue weighted by Crippen LogP contribution is -2.25. The Labute approximate surface area is 126 Å². The number of benzene rings is 1. The maximum atomic E-state index is 11.9. The number of hydrogen-bond acceptors (Lipinski definition) is 3. The van der Waals surface area contributed by atoms with Crippen LogP contribution >= 0.6 is 0 Å². The molecular formula is C17H24N2O2. The van der Waals surface area contributed by atoms with Crippen molar-refractivity contribution in [3.63, 3.8) is 0 Å². The number of amides is 1. The van der Waals surface area contributed by atoms with Crippen LogP contribution in [0.4, 0.5) is 5.69 Å². The molecule has 0 bridgehead atoms. The molecule has 4 nitrogen and oxygen atoms in total. The van der Waals surface area contributed by atoms with Gasteiger partial charge in [0.15, 0.2) is 0 Å². The second kappa shape index (κ2) is 8.84. The van der Waals surface area contributed by atoms with Crippen LogP contribution in [0.25, 0.3) is 6.08 Å². The molecule has 0 aliphatic carbocycles. The fraction of sp³-hybridized carbons (Fsp3) is 0.353. The van der Waals surface area contributed by atoms with Crippen molar-refractivity contribution in [3.8, 4) is 5.75 Å². The van der Waals surface area contributed by atoms with E-state index in [0.29, 0.717) is 18.0 Å². The average Bonchev–Trinajstić information content (AvgIpc) is 2.49. The highest BCUT2D eigenvalue weighted by molar-refractivity contribution is 5.91. The van der Waals surface area contributed by atoms with Gasteiger partial charge >= 0.3 is 0 Å². The molecule has 4 heteroatoms. The summed E-state index contributed by atoms with van der Waals surface area (Å²) in [6.45, 7) is 6.89. The molecular weight excluding hydrogens is 264 g/mol. The Morgan fingerprint density at radius 2 is 2.24 bits per heavy atom. The third-order valence-corrected chi connectivity index (χ3v) is 3.03. The van der Waals surface area contributed by atoms with Crippen LogP contribution in [0.15, 0.2) is 36.9 Å². The van der Waals surface area contributed by atoms with Gasteiger partial charge < -0.3 is 15.4 Å². The summed E-state index contributed by atoms with van der Waals surface area (Å²) in [6.07, 6.45) is 7.08. The first kappa shape index (κ1) is 16.8. The molecule has 1 amide bonds. The third-order valence-electron chi connectivity index (χ3n) is 3.03. The second-order valence-corrected chi connectivity index (χ2v) is 4.84. The first-order valence-corrected chi connectivity index (χ1v) is 7.14. The minimum Gasteiger partial charge on any atom is -0.487 e. The van der Waals surface area contributed by atoms with E-state index in [9.17, 15) is 4.79 Å². The third kappa shape index (κ3) is 5.73. The Morgan fingerprint density at radius 3 is 2.86 bits per heavy atom.